The van der Waals surface area contributed by atoms with Crippen LogP contribution in [-0.2, 0) is 6.42 Å². The number of nitrogens with one attached hydrogen (secondary N) is 2. The number of fused-ring (bicyclic) bond motifs is 1. The van der Waals surface area contributed by atoms with E-state index in [0.29, 0.717) is 35.4 Å². The number of aryl methyl sites for hydroxylation is 3. The molecular weight excluding hydrogens is 340 g/mol. The molecule has 0 saturated carbocycles. The molecule has 4 N–H and O–H groups in total. The van der Waals surface area contributed by atoms with Crippen LogP contribution in [-0.4, -0.2) is 32.4 Å². The third kappa shape index (κ3) is 3.36. The zero-order valence-corrected chi connectivity index (χ0v) is 15.0. The van der Waals surface area contributed by atoms with E-state index < -0.39 is 0 Å². The van der Waals surface area contributed by atoms with Crippen LogP contribution in [0.5, 0.6) is 0 Å². The monoisotopic (exact) mass is 358 g/mol. The van der Waals surface area contributed by atoms with Crippen molar-refractivity contribution in [2.24, 2.45) is 0 Å². The summed E-state index contributed by atoms with van der Waals surface area (Å²) in [6, 6.07) is 0. The first-order valence-electron chi connectivity index (χ1n) is 7.73. The van der Waals surface area contributed by atoms with Gasteiger partial charge in [-0.15, -0.1) is 11.3 Å². The van der Waals surface area contributed by atoms with Crippen molar-refractivity contribution in [3.8, 4) is 0 Å². The minimum absolute atomic E-state index is 0.130. The summed E-state index contributed by atoms with van der Waals surface area (Å²) < 4.78 is 0. The molecule has 1 amide bonds. The average molecular weight is 358 g/mol. The Labute approximate surface area is 147 Å². The Hall–Kier alpha value is -2.81. The van der Waals surface area contributed by atoms with Crippen molar-refractivity contribution in [1.29, 1.82) is 0 Å². The highest BCUT2D eigenvalue weighted by molar-refractivity contribution is 7.18. The number of carbonyl (C=O) groups is 1. The summed E-state index contributed by atoms with van der Waals surface area (Å²) >= 11 is 1.50. The first-order valence-corrected chi connectivity index (χ1v) is 8.54. The van der Waals surface area contributed by atoms with Crippen molar-refractivity contribution in [1.82, 2.24) is 25.3 Å². The number of nitrogens with two attached hydrogens (primary N) is 1. The number of H-pyrrole nitrogens is 1. The Morgan fingerprint density at radius 3 is 2.80 bits per heavy atom. The maximum atomic E-state index is 12.2. The number of aromatic nitrogens is 4. The fourth-order valence-corrected chi connectivity index (χ4v) is 3.56. The van der Waals surface area contributed by atoms with Gasteiger partial charge >= 0.3 is 0 Å². The van der Waals surface area contributed by atoms with Gasteiger partial charge in [-0.2, -0.15) is 0 Å². The van der Waals surface area contributed by atoms with Crippen LogP contribution >= 0.6 is 11.3 Å². The van der Waals surface area contributed by atoms with Gasteiger partial charge in [-0.25, -0.2) is 15.0 Å². The van der Waals surface area contributed by atoms with E-state index >= 15 is 0 Å². The Morgan fingerprint density at radius 1 is 1.32 bits per heavy atom. The van der Waals surface area contributed by atoms with Crippen LogP contribution < -0.4 is 16.6 Å². The van der Waals surface area contributed by atoms with Gasteiger partial charge in [0, 0.05) is 24.0 Å². The minimum atomic E-state index is -0.288. The van der Waals surface area contributed by atoms with Crippen molar-refractivity contribution >= 4 is 33.4 Å². The molecule has 25 heavy (non-hydrogen) atoms. The van der Waals surface area contributed by atoms with E-state index in [1.54, 1.807) is 6.92 Å². The Kier molecular flexibility index (Phi) is 4.49. The van der Waals surface area contributed by atoms with Crippen molar-refractivity contribution in [3.63, 3.8) is 0 Å². The van der Waals surface area contributed by atoms with Crippen LogP contribution in [0.4, 0.5) is 5.95 Å². The van der Waals surface area contributed by atoms with E-state index in [2.05, 4.69) is 25.3 Å². The van der Waals surface area contributed by atoms with Gasteiger partial charge in [0.2, 0.25) is 5.95 Å². The molecule has 3 aromatic heterocycles. The number of rotatable bonds is 4. The average Bonchev–Trinajstić information content (AvgIpc) is 2.82. The second-order valence-electron chi connectivity index (χ2n) is 5.71. The van der Waals surface area contributed by atoms with Gasteiger partial charge in [0.25, 0.3) is 11.5 Å². The van der Waals surface area contributed by atoms with E-state index in [0.717, 1.165) is 15.3 Å². The molecule has 0 atom stereocenters. The third-order valence-corrected chi connectivity index (χ3v) is 5.08. The van der Waals surface area contributed by atoms with Gasteiger partial charge in [-0.05, 0) is 26.3 Å². The molecule has 9 heteroatoms. The van der Waals surface area contributed by atoms with Crippen molar-refractivity contribution in [2.45, 2.75) is 27.2 Å². The molecule has 8 nitrogen and oxygen atoms in total. The summed E-state index contributed by atoms with van der Waals surface area (Å²) in [7, 11) is 0. The molecule has 130 valence electrons. The van der Waals surface area contributed by atoms with E-state index in [-0.39, 0.29) is 17.4 Å². The lowest BCUT2D eigenvalue weighted by Crippen LogP contribution is -2.28. The second kappa shape index (κ2) is 6.60. The van der Waals surface area contributed by atoms with E-state index in [1.165, 1.54) is 17.5 Å². The molecule has 0 unspecified atom stereocenters. The highest BCUT2D eigenvalue weighted by Crippen LogP contribution is 2.25. The van der Waals surface area contributed by atoms with Crippen molar-refractivity contribution in [2.75, 3.05) is 12.3 Å². The fourth-order valence-electron chi connectivity index (χ4n) is 2.52. The van der Waals surface area contributed by atoms with Crippen LogP contribution in [0, 0.1) is 20.8 Å². The lowest BCUT2D eigenvalue weighted by Gasteiger charge is -2.07. The van der Waals surface area contributed by atoms with E-state index in [4.69, 9.17) is 5.73 Å². The number of carbonyl (C=O) groups excluding carboxylic acids is 1. The fraction of sp³-hybridized carbons (Fsp3) is 0.312. The number of amides is 1. The first-order chi connectivity index (χ1) is 11.9. The molecule has 0 aliphatic heterocycles. The van der Waals surface area contributed by atoms with Gasteiger partial charge in [0.1, 0.15) is 10.7 Å². The molecule has 0 aliphatic carbocycles. The summed E-state index contributed by atoms with van der Waals surface area (Å²) in [5, 5.41) is 3.42. The maximum absolute atomic E-state index is 12.2. The zero-order valence-electron chi connectivity index (χ0n) is 14.1. The molecule has 0 fully saturated rings. The predicted octanol–water partition coefficient (Wildman–Crippen LogP) is 1.25. The molecule has 0 aromatic carbocycles. The number of thiophene rings is 1. The Morgan fingerprint density at radius 2 is 2.08 bits per heavy atom. The van der Waals surface area contributed by atoms with Gasteiger partial charge in [0.15, 0.2) is 0 Å². The molecule has 0 spiro atoms. The Bertz CT molecular complexity index is 1020. The SMILES string of the molecule is Cc1nc(N)ncc1C(=O)NCCc1nc2sc(C)c(C)c2c(=O)[nH]1. The Balaban J connectivity index is 1.71. The summed E-state index contributed by atoms with van der Waals surface area (Å²) in [4.78, 5) is 41.3. The second-order valence-corrected chi connectivity index (χ2v) is 6.91. The third-order valence-electron chi connectivity index (χ3n) is 3.98. The van der Waals surface area contributed by atoms with Crippen molar-refractivity contribution < 1.29 is 4.79 Å². The highest BCUT2D eigenvalue weighted by atomic mass is 32.1. The van der Waals surface area contributed by atoms with Gasteiger partial charge in [0.05, 0.1) is 16.6 Å². The molecule has 0 bridgehead atoms. The minimum Gasteiger partial charge on any atom is -0.368 e. The maximum Gasteiger partial charge on any atom is 0.259 e. The van der Waals surface area contributed by atoms with Crippen LogP contribution in [0.15, 0.2) is 11.0 Å². The summed E-state index contributed by atoms with van der Waals surface area (Å²) in [6.45, 7) is 5.92. The summed E-state index contributed by atoms with van der Waals surface area (Å²) in [6.07, 6.45) is 1.82. The molecule has 3 heterocycles. The van der Waals surface area contributed by atoms with Gasteiger partial charge in [-0.3, -0.25) is 9.59 Å². The predicted molar refractivity (Wildman–Crippen MR) is 96.9 cm³/mol. The number of hydrogen-bond donors (Lipinski definition) is 3. The zero-order chi connectivity index (χ0) is 18.1. The van der Waals surface area contributed by atoms with E-state index in [1.807, 2.05) is 13.8 Å². The lowest BCUT2D eigenvalue weighted by atomic mass is 10.2. The number of nitrogens with zero attached hydrogens (tertiary/aromatic N) is 3. The van der Waals surface area contributed by atoms with Gasteiger partial charge < -0.3 is 16.0 Å². The normalized spacial score (nSPS) is 11.0. The summed E-state index contributed by atoms with van der Waals surface area (Å²) in [5.74, 6) is 0.388. The number of anilines is 1. The van der Waals surface area contributed by atoms with Gasteiger partial charge in [-0.1, -0.05) is 0 Å². The summed E-state index contributed by atoms with van der Waals surface area (Å²) in [5.41, 5.74) is 7.19. The quantitative estimate of drug-likeness (QED) is 0.644. The number of nitrogen functional groups attached to an aromatic ring is 1. The number of hydrogen-bond acceptors (Lipinski definition) is 7. The highest BCUT2D eigenvalue weighted by Gasteiger charge is 2.13. The number of aromatic amines is 1. The van der Waals surface area contributed by atoms with E-state index in [9.17, 15) is 9.59 Å². The standard InChI is InChI=1S/C16H18N6O2S/c1-7-9(3)25-15-12(7)14(24)21-11(22-15)4-5-18-13(23)10-6-19-16(17)20-8(10)2/h6H,4-5H2,1-3H3,(H,18,23)(H2,17,19,20)(H,21,22,24). The van der Waals surface area contributed by atoms with Crippen LogP contribution in [0.25, 0.3) is 10.2 Å². The van der Waals surface area contributed by atoms with Crippen LogP contribution in [0.1, 0.15) is 32.3 Å². The largest absolute Gasteiger partial charge is 0.368 e. The molecule has 0 saturated heterocycles. The van der Waals surface area contributed by atoms with Crippen molar-refractivity contribution in [3.05, 3.63) is 44.1 Å². The molecular formula is C16H18N6O2S. The molecule has 3 rings (SSSR count). The topological polar surface area (TPSA) is 127 Å². The first kappa shape index (κ1) is 17.0. The molecule has 0 radical (unpaired) electrons. The molecule has 0 aliphatic rings. The lowest BCUT2D eigenvalue weighted by molar-refractivity contribution is 0.0952. The smallest absolute Gasteiger partial charge is 0.259 e. The molecule has 3 aromatic rings. The van der Waals surface area contributed by atoms with Crippen LogP contribution in [0.2, 0.25) is 0 Å². The van der Waals surface area contributed by atoms with Crippen LogP contribution in [0.3, 0.4) is 0 Å².